The maximum absolute atomic E-state index is 12.5. The van der Waals surface area contributed by atoms with E-state index in [1.807, 2.05) is 29.2 Å². The molecule has 5 nitrogen and oxygen atoms in total. The first-order chi connectivity index (χ1) is 11.2. The summed E-state index contributed by atoms with van der Waals surface area (Å²) in [5.74, 6) is 0.921. The highest BCUT2D eigenvalue weighted by molar-refractivity contribution is 7.99. The SMILES string of the molecule is Cl.O=C(CCC(=O)N1CCSc2ccccc21)N[C@H]1CCCNC1. The van der Waals surface area contributed by atoms with Crippen LogP contribution in [-0.2, 0) is 9.59 Å². The van der Waals surface area contributed by atoms with E-state index < -0.39 is 0 Å². The number of amides is 2. The summed E-state index contributed by atoms with van der Waals surface area (Å²) >= 11 is 1.78. The van der Waals surface area contributed by atoms with E-state index in [4.69, 9.17) is 0 Å². The Balaban J connectivity index is 0.00000208. The molecule has 1 fully saturated rings. The number of nitrogens with one attached hydrogen (secondary N) is 2. The lowest BCUT2D eigenvalue weighted by Crippen LogP contribution is -2.45. The Hall–Kier alpha value is -1.24. The highest BCUT2D eigenvalue weighted by atomic mass is 35.5. The minimum atomic E-state index is -0.0216. The second-order valence-electron chi connectivity index (χ2n) is 5.97. The molecule has 2 aliphatic heterocycles. The summed E-state index contributed by atoms with van der Waals surface area (Å²) in [6.45, 7) is 2.57. The molecule has 0 aromatic heterocycles. The monoisotopic (exact) mass is 369 g/mol. The van der Waals surface area contributed by atoms with E-state index in [2.05, 4.69) is 10.6 Å². The van der Waals surface area contributed by atoms with E-state index in [1.54, 1.807) is 11.8 Å². The number of carbonyl (C=O) groups is 2. The van der Waals surface area contributed by atoms with E-state index in [0.717, 1.165) is 42.3 Å². The van der Waals surface area contributed by atoms with E-state index in [0.29, 0.717) is 6.54 Å². The molecule has 7 heteroatoms. The van der Waals surface area contributed by atoms with Crippen LogP contribution in [0.4, 0.5) is 5.69 Å². The number of para-hydroxylation sites is 1. The summed E-state index contributed by atoms with van der Waals surface area (Å²) in [7, 11) is 0. The molecule has 1 aromatic rings. The Morgan fingerprint density at radius 2 is 2.12 bits per heavy atom. The van der Waals surface area contributed by atoms with Crippen molar-refractivity contribution in [1.82, 2.24) is 10.6 Å². The van der Waals surface area contributed by atoms with Gasteiger partial charge in [-0.1, -0.05) is 12.1 Å². The van der Waals surface area contributed by atoms with Gasteiger partial charge in [0.1, 0.15) is 0 Å². The molecule has 0 unspecified atom stereocenters. The van der Waals surface area contributed by atoms with E-state index >= 15 is 0 Å². The average molecular weight is 370 g/mol. The largest absolute Gasteiger partial charge is 0.352 e. The fourth-order valence-electron chi connectivity index (χ4n) is 3.06. The number of hydrogen-bond acceptors (Lipinski definition) is 4. The molecular formula is C17H24ClN3O2S. The van der Waals surface area contributed by atoms with Crippen molar-refractivity contribution in [1.29, 1.82) is 0 Å². The van der Waals surface area contributed by atoms with Crippen LogP contribution < -0.4 is 15.5 Å². The maximum atomic E-state index is 12.5. The fraction of sp³-hybridized carbons (Fsp3) is 0.529. The van der Waals surface area contributed by atoms with Crippen LogP contribution in [0.3, 0.4) is 0 Å². The molecule has 2 aliphatic rings. The summed E-state index contributed by atoms with van der Waals surface area (Å²) in [6.07, 6.45) is 2.64. The summed E-state index contributed by atoms with van der Waals surface area (Å²) in [6, 6.07) is 8.17. The summed E-state index contributed by atoms with van der Waals surface area (Å²) in [5.41, 5.74) is 0.977. The van der Waals surface area contributed by atoms with Gasteiger partial charge in [-0.15, -0.1) is 24.2 Å². The summed E-state index contributed by atoms with van der Waals surface area (Å²) in [5, 5.41) is 6.30. The molecule has 0 saturated carbocycles. The van der Waals surface area contributed by atoms with Gasteiger partial charge in [0, 0.05) is 42.6 Å². The lowest BCUT2D eigenvalue weighted by molar-refractivity contribution is -0.125. The number of nitrogens with zero attached hydrogens (tertiary/aromatic N) is 1. The van der Waals surface area contributed by atoms with Gasteiger partial charge in [-0.25, -0.2) is 0 Å². The Morgan fingerprint density at radius 3 is 2.92 bits per heavy atom. The highest BCUT2D eigenvalue weighted by Crippen LogP contribution is 2.34. The van der Waals surface area contributed by atoms with Gasteiger partial charge in [0.2, 0.25) is 11.8 Å². The Morgan fingerprint density at radius 1 is 1.29 bits per heavy atom. The van der Waals surface area contributed by atoms with Gasteiger partial charge >= 0.3 is 0 Å². The van der Waals surface area contributed by atoms with Crippen LogP contribution in [0.25, 0.3) is 0 Å². The van der Waals surface area contributed by atoms with Gasteiger partial charge in [0.15, 0.2) is 0 Å². The first-order valence-corrected chi connectivity index (χ1v) is 9.25. The van der Waals surface area contributed by atoms with Crippen LogP contribution in [0.5, 0.6) is 0 Å². The molecule has 132 valence electrons. The van der Waals surface area contributed by atoms with Crippen LogP contribution in [0.2, 0.25) is 0 Å². The smallest absolute Gasteiger partial charge is 0.227 e. The molecule has 0 aliphatic carbocycles. The fourth-order valence-corrected chi connectivity index (χ4v) is 4.05. The third kappa shape index (κ3) is 4.88. The standard InChI is InChI=1S/C17H23N3O2S.ClH/c21-16(19-13-4-3-9-18-12-13)7-8-17(22)20-10-11-23-15-6-2-1-5-14(15)20;/h1-2,5-6,13,18H,3-4,7-12H2,(H,19,21);1H/t13-;/m0./s1. The van der Waals surface area contributed by atoms with Crippen LogP contribution in [0.1, 0.15) is 25.7 Å². The second-order valence-corrected chi connectivity index (χ2v) is 7.11. The number of thioether (sulfide) groups is 1. The second kappa shape index (κ2) is 9.30. The van der Waals surface area contributed by atoms with E-state index in [-0.39, 0.29) is 43.1 Å². The van der Waals surface area contributed by atoms with Crippen LogP contribution in [0, 0.1) is 0 Å². The minimum absolute atomic E-state index is 0. The Bertz CT molecular complexity index is 579. The highest BCUT2D eigenvalue weighted by Gasteiger charge is 2.23. The molecule has 2 heterocycles. The zero-order valence-corrected chi connectivity index (χ0v) is 15.3. The number of halogens is 1. The van der Waals surface area contributed by atoms with Crippen molar-refractivity contribution < 1.29 is 9.59 Å². The van der Waals surface area contributed by atoms with Gasteiger partial charge < -0.3 is 15.5 Å². The van der Waals surface area contributed by atoms with E-state index in [9.17, 15) is 9.59 Å². The van der Waals surface area contributed by atoms with Crippen molar-refractivity contribution in [2.45, 2.75) is 36.6 Å². The van der Waals surface area contributed by atoms with Crippen molar-refractivity contribution in [3.05, 3.63) is 24.3 Å². The number of hydrogen-bond donors (Lipinski definition) is 2. The molecule has 0 bridgehead atoms. The Labute approximate surface area is 153 Å². The summed E-state index contributed by atoms with van der Waals surface area (Å²) in [4.78, 5) is 27.5. The Kier molecular flexibility index (Phi) is 7.40. The zero-order valence-electron chi connectivity index (χ0n) is 13.6. The molecule has 2 amide bonds. The molecule has 0 radical (unpaired) electrons. The van der Waals surface area contributed by atoms with Crippen molar-refractivity contribution in [2.24, 2.45) is 0 Å². The molecule has 0 spiro atoms. The molecule has 2 N–H and O–H groups in total. The zero-order chi connectivity index (χ0) is 16.1. The predicted octanol–water partition coefficient (Wildman–Crippen LogP) is 2.20. The molecule has 1 aromatic carbocycles. The first-order valence-electron chi connectivity index (χ1n) is 8.26. The minimum Gasteiger partial charge on any atom is -0.352 e. The molecule has 1 atom stereocenters. The first kappa shape index (κ1) is 19.1. The topological polar surface area (TPSA) is 61.4 Å². The molecule has 3 rings (SSSR count). The van der Waals surface area contributed by atoms with Crippen molar-refractivity contribution in [3.63, 3.8) is 0 Å². The number of rotatable bonds is 4. The van der Waals surface area contributed by atoms with Gasteiger partial charge in [-0.05, 0) is 31.5 Å². The lowest BCUT2D eigenvalue weighted by Gasteiger charge is -2.29. The quantitative estimate of drug-likeness (QED) is 0.854. The number of fused-ring (bicyclic) bond motifs is 1. The van der Waals surface area contributed by atoms with Crippen molar-refractivity contribution in [3.8, 4) is 0 Å². The summed E-state index contributed by atoms with van der Waals surface area (Å²) < 4.78 is 0. The third-order valence-electron chi connectivity index (χ3n) is 4.26. The number of anilines is 1. The molecule has 24 heavy (non-hydrogen) atoms. The van der Waals surface area contributed by atoms with Gasteiger partial charge in [-0.2, -0.15) is 0 Å². The maximum Gasteiger partial charge on any atom is 0.227 e. The van der Waals surface area contributed by atoms with Gasteiger partial charge in [0.25, 0.3) is 0 Å². The average Bonchev–Trinajstić information content (AvgIpc) is 2.60. The van der Waals surface area contributed by atoms with Crippen molar-refractivity contribution >= 4 is 41.7 Å². The van der Waals surface area contributed by atoms with Crippen LogP contribution >= 0.6 is 24.2 Å². The lowest BCUT2D eigenvalue weighted by atomic mass is 10.1. The van der Waals surface area contributed by atoms with Gasteiger partial charge in [0.05, 0.1) is 5.69 Å². The molecular weight excluding hydrogens is 346 g/mol. The van der Waals surface area contributed by atoms with Crippen LogP contribution in [0.15, 0.2) is 29.2 Å². The third-order valence-corrected chi connectivity index (χ3v) is 5.30. The van der Waals surface area contributed by atoms with Gasteiger partial charge in [-0.3, -0.25) is 9.59 Å². The number of benzene rings is 1. The van der Waals surface area contributed by atoms with Crippen molar-refractivity contribution in [2.75, 3.05) is 30.3 Å². The predicted molar refractivity (Wildman–Crippen MR) is 100 cm³/mol. The normalized spacial score (nSPS) is 19.8. The van der Waals surface area contributed by atoms with Crippen LogP contribution in [-0.4, -0.2) is 43.2 Å². The number of carbonyl (C=O) groups excluding carboxylic acids is 2. The van der Waals surface area contributed by atoms with E-state index in [1.165, 1.54) is 0 Å². The number of piperidine rings is 1. The molecule has 1 saturated heterocycles.